The average molecular weight is 570 g/mol. The maximum Gasteiger partial charge on any atom is 0.280 e. The molecule has 39 heavy (non-hydrogen) atoms. The second-order valence-electron chi connectivity index (χ2n) is 10.0. The van der Waals surface area contributed by atoms with Crippen LogP contribution < -0.4 is 15.9 Å². The Kier molecular flexibility index (Phi) is 7.50. The molecule has 0 amide bonds. The van der Waals surface area contributed by atoms with Crippen molar-refractivity contribution in [2.75, 3.05) is 0 Å². The van der Waals surface area contributed by atoms with Crippen LogP contribution in [0.5, 0.6) is 5.75 Å². The Bertz CT molecular complexity index is 1720. The number of ether oxygens (including phenoxy) is 1. The highest BCUT2D eigenvalue weighted by molar-refractivity contribution is 6.41. The normalized spacial score (nSPS) is 12.0. The first kappa shape index (κ1) is 28.5. The van der Waals surface area contributed by atoms with Gasteiger partial charge < -0.3 is 9.84 Å². The molecule has 0 atom stereocenters. The van der Waals surface area contributed by atoms with Crippen LogP contribution in [0.4, 0.5) is 4.39 Å². The Morgan fingerprint density at radius 2 is 1.69 bits per heavy atom. The van der Waals surface area contributed by atoms with Crippen LogP contribution in [-0.4, -0.2) is 44.9 Å². The van der Waals surface area contributed by atoms with Crippen molar-refractivity contribution in [1.29, 1.82) is 0 Å². The zero-order valence-corrected chi connectivity index (χ0v) is 23.6. The molecule has 4 aromatic heterocycles. The van der Waals surface area contributed by atoms with Gasteiger partial charge in [0.1, 0.15) is 33.7 Å². The van der Waals surface area contributed by atoms with E-state index in [2.05, 4.69) is 15.0 Å². The summed E-state index contributed by atoms with van der Waals surface area (Å²) in [6.45, 7) is 6.39. The molecule has 0 aliphatic carbocycles. The SMILES string of the molecule is BC(B)(Oc1cc(C)n(-c2cc(-n3ccnc(C(C)(C)O)c3=O)ncc2C)c(=O)c1Cl)c1ncc(F)cc1Cl. The van der Waals surface area contributed by atoms with Crippen molar-refractivity contribution in [2.45, 2.75) is 38.7 Å². The zero-order chi connectivity index (χ0) is 28.9. The van der Waals surface area contributed by atoms with E-state index in [9.17, 15) is 19.1 Å². The van der Waals surface area contributed by atoms with Crippen molar-refractivity contribution in [3.8, 4) is 17.3 Å². The van der Waals surface area contributed by atoms with Gasteiger partial charge in [-0.1, -0.05) is 23.2 Å². The number of aryl methyl sites for hydroxylation is 2. The molecule has 0 aromatic carbocycles. The van der Waals surface area contributed by atoms with Gasteiger partial charge in [0.25, 0.3) is 11.1 Å². The van der Waals surface area contributed by atoms with Crippen molar-refractivity contribution in [3.63, 3.8) is 0 Å². The molecule has 0 aliphatic heterocycles. The first-order chi connectivity index (χ1) is 18.1. The summed E-state index contributed by atoms with van der Waals surface area (Å²) in [6.07, 6.45) is 5.37. The molecule has 0 saturated carbocycles. The van der Waals surface area contributed by atoms with E-state index in [0.29, 0.717) is 16.9 Å². The van der Waals surface area contributed by atoms with Gasteiger partial charge in [0, 0.05) is 36.4 Å². The fraction of sp³-hybridized carbons (Fsp3) is 0.240. The third-order valence-corrected chi connectivity index (χ3v) is 6.65. The predicted octanol–water partition coefficient (Wildman–Crippen LogP) is 1.92. The molecule has 14 heteroatoms. The van der Waals surface area contributed by atoms with Crippen molar-refractivity contribution in [3.05, 3.63) is 102 Å². The number of rotatable bonds is 6. The lowest BCUT2D eigenvalue weighted by molar-refractivity contribution is 0.0718. The van der Waals surface area contributed by atoms with E-state index in [1.54, 1.807) is 41.7 Å². The summed E-state index contributed by atoms with van der Waals surface area (Å²) in [5.74, 6) is -0.280. The van der Waals surface area contributed by atoms with Gasteiger partial charge in [-0.3, -0.25) is 28.7 Å². The predicted molar refractivity (Wildman–Crippen MR) is 152 cm³/mol. The van der Waals surface area contributed by atoms with E-state index < -0.39 is 27.9 Å². The van der Waals surface area contributed by atoms with E-state index in [0.717, 1.165) is 12.3 Å². The van der Waals surface area contributed by atoms with Crippen molar-refractivity contribution in [1.82, 2.24) is 24.1 Å². The van der Waals surface area contributed by atoms with Gasteiger partial charge in [-0.05, 0) is 39.3 Å². The Morgan fingerprint density at radius 3 is 2.33 bits per heavy atom. The topological polar surface area (TPSA) is 112 Å². The molecule has 4 rings (SSSR count). The van der Waals surface area contributed by atoms with Gasteiger partial charge in [0.15, 0.2) is 15.7 Å². The quantitative estimate of drug-likeness (QED) is 0.353. The Morgan fingerprint density at radius 1 is 1.00 bits per heavy atom. The maximum atomic E-state index is 13.5. The molecule has 200 valence electrons. The number of hydrogen-bond acceptors (Lipinski definition) is 7. The number of nitrogens with zero attached hydrogens (tertiary/aromatic N) is 5. The third kappa shape index (κ3) is 5.50. The summed E-state index contributed by atoms with van der Waals surface area (Å²) < 4.78 is 22.2. The van der Waals surface area contributed by atoms with Crippen LogP contribution in [0.2, 0.25) is 10.0 Å². The molecule has 1 N–H and O–H groups in total. The molecule has 4 aromatic rings. The van der Waals surface area contributed by atoms with Crippen molar-refractivity contribution in [2.24, 2.45) is 0 Å². The van der Waals surface area contributed by atoms with E-state index in [1.165, 1.54) is 41.6 Å². The lowest BCUT2D eigenvalue weighted by Crippen LogP contribution is -2.36. The number of aliphatic hydroxyl groups is 1. The number of pyridine rings is 3. The van der Waals surface area contributed by atoms with E-state index in [1.807, 2.05) is 0 Å². The number of hydrogen-bond donors (Lipinski definition) is 1. The average Bonchev–Trinajstić information content (AvgIpc) is 2.82. The molecule has 4 heterocycles. The minimum atomic E-state index is -1.47. The lowest BCUT2D eigenvalue weighted by atomic mass is 9.63. The fourth-order valence-electron chi connectivity index (χ4n) is 4.12. The molecule has 0 spiro atoms. The third-order valence-electron chi connectivity index (χ3n) is 6.01. The highest BCUT2D eigenvalue weighted by Crippen LogP contribution is 2.32. The van der Waals surface area contributed by atoms with Crippen molar-refractivity contribution >= 4 is 38.9 Å². The van der Waals surface area contributed by atoms with Gasteiger partial charge in [0.2, 0.25) is 0 Å². The van der Waals surface area contributed by atoms with Crippen LogP contribution in [0.3, 0.4) is 0 Å². The smallest absolute Gasteiger partial charge is 0.280 e. The van der Waals surface area contributed by atoms with Gasteiger partial charge in [-0.25, -0.2) is 9.37 Å². The monoisotopic (exact) mass is 569 g/mol. The Balaban J connectivity index is 1.81. The van der Waals surface area contributed by atoms with E-state index >= 15 is 0 Å². The minimum absolute atomic E-state index is 0.0508. The summed E-state index contributed by atoms with van der Waals surface area (Å²) in [6, 6.07) is 4.29. The Hall–Kier alpha value is -3.47. The molecule has 0 saturated heterocycles. The Labute approximate surface area is 235 Å². The van der Waals surface area contributed by atoms with Gasteiger partial charge >= 0.3 is 0 Å². The zero-order valence-electron chi connectivity index (χ0n) is 22.1. The second kappa shape index (κ2) is 10.3. The van der Waals surface area contributed by atoms with Gasteiger partial charge in [-0.15, -0.1) is 0 Å². The van der Waals surface area contributed by atoms with Crippen LogP contribution in [-0.2, 0) is 11.0 Å². The highest BCUT2D eigenvalue weighted by atomic mass is 35.5. The molecular formula is C25H24B2Cl2FN5O4. The van der Waals surface area contributed by atoms with E-state index in [4.69, 9.17) is 27.9 Å². The maximum absolute atomic E-state index is 13.5. The van der Waals surface area contributed by atoms with Crippen LogP contribution in [0.1, 0.15) is 36.5 Å². The summed E-state index contributed by atoms with van der Waals surface area (Å²) in [7, 11) is 3.34. The van der Waals surface area contributed by atoms with Crippen LogP contribution >= 0.6 is 23.2 Å². The van der Waals surface area contributed by atoms with E-state index in [-0.39, 0.29) is 33.0 Å². The fourth-order valence-corrected chi connectivity index (χ4v) is 4.68. The highest BCUT2D eigenvalue weighted by Gasteiger charge is 2.30. The molecular weight excluding hydrogens is 546 g/mol. The van der Waals surface area contributed by atoms with Gasteiger partial charge in [0.05, 0.1) is 28.0 Å². The lowest BCUT2D eigenvalue weighted by Gasteiger charge is -2.28. The molecule has 9 nitrogen and oxygen atoms in total. The summed E-state index contributed by atoms with van der Waals surface area (Å²) in [5.41, 5.74) is -0.808. The standard InChI is InChI=1S/C25H24B2Cl2FN5O4/c1-12-10-32-18(34-6-5-31-21(23(34)37)24(3,4)38)9-16(12)35-13(2)7-17(19(29)22(35)36)39-25(26,27)20-15(28)8-14(30)11-33-20/h5-11,38H,26-27H2,1-4H3. The van der Waals surface area contributed by atoms with Crippen LogP contribution in [0.25, 0.3) is 11.5 Å². The first-order valence-electron chi connectivity index (χ1n) is 11.8. The second-order valence-corrected chi connectivity index (χ2v) is 10.8. The molecule has 0 unspecified atom stereocenters. The minimum Gasteiger partial charge on any atom is -0.498 e. The van der Waals surface area contributed by atoms with Crippen LogP contribution in [0, 0.1) is 19.7 Å². The number of halogens is 3. The summed E-state index contributed by atoms with van der Waals surface area (Å²) in [5, 5.41) is 9.05. The largest absolute Gasteiger partial charge is 0.498 e. The summed E-state index contributed by atoms with van der Waals surface area (Å²) >= 11 is 12.7. The molecule has 0 aliphatic rings. The molecule has 0 bridgehead atoms. The van der Waals surface area contributed by atoms with Crippen molar-refractivity contribution < 1.29 is 14.2 Å². The van der Waals surface area contributed by atoms with Crippen LogP contribution in [0.15, 0.2) is 52.6 Å². The molecule has 0 radical (unpaired) electrons. The summed E-state index contributed by atoms with van der Waals surface area (Å²) in [4.78, 5) is 39.0. The van der Waals surface area contributed by atoms with Gasteiger partial charge in [-0.2, -0.15) is 0 Å². The first-order valence-corrected chi connectivity index (χ1v) is 12.6. The number of aromatic nitrogens is 5. The molecule has 0 fully saturated rings.